The van der Waals surface area contributed by atoms with Crippen molar-refractivity contribution in [2.45, 2.75) is 37.8 Å². The molecule has 5 rings (SSSR count). The van der Waals surface area contributed by atoms with Crippen LogP contribution in [-0.4, -0.2) is 36.0 Å². The smallest absolute Gasteiger partial charge is 0.202 e. The Hall–Kier alpha value is -1.86. The van der Waals surface area contributed by atoms with E-state index in [2.05, 4.69) is 11.0 Å². The average Bonchev–Trinajstić information content (AvgIpc) is 2.57. The lowest BCUT2D eigenvalue weighted by Crippen LogP contribution is -2.64. The van der Waals surface area contributed by atoms with E-state index in [1.54, 1.807) is 0 Å². The van der Waals surface area contributed by atoms with Crippen LogP contribution in [0.3, 0.4) is 0 Å². The van der Waals surface area contributed by atoms with Gasteiger partial charge in [0.2, 0.25) is 5.90 Å². The van der Waals surface area contributed by atoms with Crippen LogP contribution in [0.25, 0.3) is 0 Å². The Balaban J connectivity index is 1.63. The summed E-state index contributed by atoms with van der Waals surface area (Å²) >= 11 is 0. The summed E-state index contributed by atoms with van der Waals surface area (Å²) in [6, 6.07) is 12.8. The molecule has 4 aliphatic rings. The minimum Gasteiger partial charge on any atom is -0.475 e. The zero-order valence-electron chi connectivity index (χ0n) is 12.7. The second-order valence-corrected chi connectivity index (χ2v) is 6.91. The van der Waals surface area contributed by atoms with E-state index >= 15 is 0 Å². The summed E-state index contributed by atoms with van der Waals surface area (Å²) in [5, 5.41) is 18.2. The summed E-state index contributed by atoms with van der Waals surface area (Å²) in [5.74, 6) is 0.762. The number of nitriles is 1. The van der Waals surface area contributed by atoms with Crippen molar-refractivity contribution in [1.82, 2.24) is 4.90 Å². The van der Waals surface area contributed by atoms with Gasteiger partial charge in [0.15, 0.2) is 0 Å². The summed E-state index contributed by atoms with van der Waals surface area (Å²) < 4.78 is 6.02. The maximum absolute atomic E-state index is 9.84. The first-order valence-electron chi connectivity index (χ1n) is 8.17. The van der Waals surface area contributed by atoms with Crippen LogP contribution in [0.1, 0.15) is 24.8 Å². The van der Waals surface area contributed by atoms with Crippen LogP contribution in [0.2, 0.25) is 0 Å². The molecule has 3 unspecified atom stereocenters. The van der Waals surface area contributed by atoms with Gasteiger partial charge in [-0.3, -0.25) is 10.3 Å². The number of rotatable bonds is 2. The fourth-order valence-corrected chi connectivity index (χ4v) is 4.45. The van der Waals surface area contributed by atoms with Gasteiger partial charge < -0.3 is 4.74 Å². The van der Waals surface area contributed by atoms with Gasteiger partial charge in [0.05, 0.1) is 6.07 Å². The van der Waals surface area contributed by atoms with Crippen molar-refractivity contribution in [3.8, 4) is 6.07 Å². The summed E-state index contributed by atoms with van der Waals surface area (Å²) in [6.07, 6.45) is 3.79. The van der Waals surface area contributed by atoms with Gasteiger partial charge >= 0.3 is 0 Å². The highest BCUT2D eigenvalue weighted by atomic mass is 16.5. The molecule has 0 aromatic heterocycles. The van der Waals surface area contributed by atoms with Crippen LogP contribution >= 0.6 is 0 Å². The van der Waals surface area contributed by atoms with Crippen molar-refractivity contribution in [3.05, 3.63) is 35.9 Å². The third-order valence-corrected chi connectivity index (χ3v) is 5.70. The van der Waals surface area contributed by atoms with E-state index in [4.69, 9.17) is 10.1 Å². The van der Waals surface area contributed by atoms with Gasteiger partial charge in [0, 0.05) is 6.04 Å². The number of ether oxygens (including phenoxy) is 1. The van der Waals surface area contributed by atoms with Gasteiger partial charge in [-0.25, -0.2) is 0 Å². The lowest BCUT2D eigenvalue weighted by molar-refractivity contribution is -0.0964. The zero-order valence-corrected chi connectivity index (χ0v) is 12.7. The predicted octanol–water partition coefficient (Wildman–Crippen LogP) is 2.60. The number of piperidine rings is 3. The SMILES string of the molecule is N#CC1(Cc2ccccc2)CC2C(OC1=N)C1CCN2CC1. The molecule has 4 heterocycles. The molecule has 0 spiro atoms. The molecule has 4 nitrogen and oxygen atoms in total. The first kappa shape index (κ1) is 13.8. The van der Waals surface area contributed by atoms with Crippen molar-refractivity contribution in [2.75, 3.05) is 13.1 Å². The lowest BCUT2D eigenvalue weighted by atomic mass is 9.69. The first-order chi connectivity index (χ1) is 10.7. The molecule has 0 saturated carbocycles. The molecule has 4 fully saturated rings. The number of nitrogens with zero attached hydrogens (tertiary/aromatic N) is 2. The van der Waals surface area contributed by atoms with Gasteiger partial charge in [-0.05, 0) is 50.3 Å². The van der Waals surface area contributed by atoms with Gasteiger partial charge in [-0.2, -0.15) is 5.26 Å². The van der Waals surface area contributed by atoms with Crippen molar-refractivity contribution in [1.29, 1.82) is 10.7 Å². The first-order valence-corrected chi connectivity index (χ1v) is 8.17. The highest BCUT2D eigenvalue weighted by Gasteiger charge is 2.54. The lowest BCUT2D eigenvalue weighted by Gasteiger charge is -2.55. The molecule has 3 atom stereocenters. The predicted molar refractivity (Wildman–Crippen MR) is 83.5 cm³/mol. The summed E-state index contributed by atoms with van der Waals surface area (Å²) in [5.41, 5.74) is 0.298. The molecule has 0 radical (unpaired) electrons. The molecule has 4 aliphatic heterocycles. The van der Waals surface area contributed by atoms with Crippen molar-refractivity contribution < 1.29 is 4.74 Å². The van der Waals surface area contributed by atoms with Gasteiger partial charge in [-0.1, -0.05) is 30.3 Å². The van der Waals surface area contributed by atoms with Gasteiger partial charge in [-0.15, -0.1) is 0 Å². The Morgan fingerprint density at radius 3 is 2.68 bits per heavy atom. The van der Waals surface area contributed by atoms with E-state index in [1.165, 1.54) is 12.8 Å². The third-order valence-electron chi connectivity index (χ3n) is 5.70. The Kier molecular flexibility index (Phi) is 3.19. The molecule has 1 N–H and O–H groups in total. The average molecular weight is 295 g/mol. The topological polar surface area (TPSA) is 60.1 Å². The molecule has 4 heteroatoms. The molecule has 0 aliphatic carbocycles. The number of benzene rings is 1. The molecule has 0 amide bonds. The van der Waals surface area contributed by atoms with E-state index in [0.717, 1.165) is 25.1 Å². The molecule has 1 aromatic rings. The molecule has 114 valence electrons. The number of hydrogen-bond donors (Lipinski definition) is 1. The highest BCUT2D eigenvalue weighted by Crippen LogP contribution is 2.45. The fourth-order valence-electron chi connectivity index (χ4n) is 4.45. The third kappa shape index (κ3) is 2.04. The fraction of sp³-hybridized carbons (Fsp3) is 0.556. The van der Waals surface area contributed by atoms with Crippen LogP contribution in [-0.2, 0) is 11.2 Å². The van der Waals surface area contributed by atoms with E-state index < -0.39 is 5.41 Å². The Labute approximate surface area is 131 Å². The van der Waals surface area contributed by atoms with Crippen molar-refractivity contribution >= 4 is 5.90 Å². The molecular weight excluding hydrogens is 274 g/mol. The second-order valence-electron chi connectivity index (χ2n) is 6.91. The minimum absolute atomic E-state index is 0.132. The highest BCUT2D eigenvalue weighted by molar-refractivity contribution is 5.84. The summed E-state index contributed by atoms with van der Waals surface area (Å²) in [6.45, 7) is 2.24. The molecule has 2 bridgehead atoms. The minimum atomic E-state index is -0.806. The maximum Gasteiger partial charge on any atom is 0.202 e. The van der Waals surface area contributed by atoms with E-state index in [0.29, 0.717) is 18.4 Å². The van der Waals surface area contributed by atoms with Crippen LogP contribution in [0.4, 0.5) is 0 Å². The van der Waals surface area contributed by atoms with Gasteiger partial charge in [0.25, 0.3) is 0 Å². The van der Waals surface area contributed by atoms with E-state index in [-0.39, 0.29) is 12.0 Å². The van der Waals surface area contributed by atoms with Crippen LogP contribution < -0.4 is 0 Å². The molecule has 1 aromatic carbocycles. The molecule has 22 heavy (non-hydrogen) atoms. The zero-order chi connectivity index (χ0) is 15.2. The number of nitrogens with one attached hydrogen (secondary N) is 1. The standard InChI is InChI=1S/C18H21N3O/c19-12-18(10-13-4-2-1-3-5-13)11-15-16(22-17(18)20)14-6-8-21(15)9-7-14/h1-5,14-16,20H,6-11H2. The molecule has 4 saturated heterocycles. The second kappa shape index (κ2) is 5.10. The number of hydrogen-bond acceptors (Lipinski definition) is 4. The van der Waals surface area contributed by atoms with Crippen LogP contribution in [0.5, 0.6) is 0 Å². The Morgan fingerprint density at radius 2 is 2.00 bits per heavy atom. The van der Waals surface area contributed by atoms with E-state index in [9.17, 15) is 5.26 Å². The van der Waals surface area contributed by atoms with Crippen LogP contribution in [0.15, 0.2) is 30.3 Å². The maximum atomic E-state index is 9.84. The van der Waals surface area contributed by atoms with Crippen molar-refractivity contribution in [2.24, 2.45) is 11.3 Å². The quantitative estimate of drug-likeness (QED) is 0.912. The number of fused-ring (bicyclic) bond motifs is 2. The van der Waals surface area contributed by atoms with E-state index in [1.807, 2.05) is 30.3 Å². The normalized spacial score (nSPS) is 39.7. The van der Waals surface area contributed by atoms with Gasteiger partial charge in [0.1, 0.15) is 11.5 Å². The van der Waals surface area contributed by atoms with Crippen molar-refractivity contribution in [3.63, 3.8) is 0 Å². The monoisotopic (exact) mass is 295 g/mol. The Bertz CT molecular complexity index is 615. The Morgan fingerprint density at radius 1 is 1.27 bits per heavy atom. The largest absolute Gasteiger partial charge is 0.475 e. The van der Waals surface area contributed by atoms with Crippen LogP contribution in [0, 0.1) is 28.1 Å². The summed E-state index contributed by atoms with van der Waals surface area (Å²) in [7, 11) is 0. The summed E-state index contributed by atoms with van der Waals surface area (Å²) in [4.78, 5) is 2.48. The molecular formula is C18H21N3O.